The second-order valence-corrected chi connectivity index (χ2v) is 4.36. The summed E-state index contributed by atoms with van der Waals surface area (Å²) in [6, 6.07) is 12.1. The first-order valence-electron chi connectivity index (χ1n) is 5.69. The van der Waals surface area contributed by atoms with Crippen molar-refractivity contribution in [2.24, 2.45) is 0 Å². The zero-order valence-corrected chi connectivity index (χ0v) is 11.5. The first-order chi connectivity index (χ1) is 9.40. The standard InChI is InChI=1S/C12H13N3.ClHO4/c1-2-13-11-8-9-15(14-10-11)12-6-4-3-5-7-12;2-1(3,4)5/h3-10H,2H2,1H3;(H,2,3,4,5). The van der Waals surface area contributed by atoms with Crippen molar-refractivity contribution in [2.75, 3.05) is 11.9 Å². The van der Waals surface area contributed by atoms with Gasteiger partial charge in [-0.1, -0.05) is 22.9 Å². The maximum Gasteiger partial charge on any atom is 0.238 e. The summed E-state index contributed by atoms with van der Waals surface area (Å²) in [4.78, 5) is 0. The number of para-hydroxylation sites is 1. The molecule has 20 heavy (non-hydrogen) atoms. The summed E-state index contributed by atoms with van der Waals surface area (Å²) in [7, 11) is -4.94. The molecule has 8 heteroatoms. The van der Waals surface area contributed by atoms with Gasteiger partial charge in [0.1, 0.15) is 6.20 Å². The van der Waals surface area contributed by atoms with Crippen molar-refractivity contribution >= 4 is 5.69 Å². The van der Waals surface area contributed by atoms with Crippen LogP contribution in [0.25, 0.3) is 5.69 Å². The van der Waals surface area contributed by atoms with Gasteiger partial charge in [-0.15, -0.1) is 10.2 Å². The maximum absolute atomic E-state index is 8.49. The molecule has 0 aliphatic heterocycles. The topological polar surface area (TPSA) is 121 Å². The van der Waals surface area contributed by atoms with Crippen LogP contribution in [0.5, 0.6) is 0 Å². The van der Waals surface area contributed by atoms with E-state index in [2.05, 4.69) is 17.3 Å². The van der Waals surface area contributed by atoms with Gasteiger partial charge in [0.15, 0.2) is 0 Å². The first-order valence-corrected chi connectivity index (χ1v) is 6.92. The number of aromatic nitrogens is 2. The van der Waals surface area contributed by atoms with E-state index in [1.54, 1.807) is 0 Å². The van der Waals surface area contributed by atoms with Gasteiger partial charge >= 0.3 is 0 Å². The van der Waals surface area contributed by atoms with E-state index in [-0.39, 0.29) is 0 Å². The highest BCUT2D eigenvalue weighted by atomic mass is 35.7. The molecule has 0 saturated carbocycles. The summed E-state index contributed by atoms with van der Waals surface area (Å²) < 4.78 is 35.8. The molecular weight excluding hydrogens is 286 g/mol. The summed E-state index contributed by atoms with van der Waals surface area (Å²) in [5, 5.41) is 7.53. The lowest BCUT2D eigenvalue weighted by molar-refractivity contribution is -2.00. The van der Waals surface area contributed by atoms with Gasteiger partial charge in [0, 0.05) is 24.7 Å². The number of benzene rings is 1. The smallest absolute Gasteiger partial charge is 0.238 e. The average Bonchev–Trinajstić information content (AvgIpc) is 2.39. The van der Waals surface area contributed by atoms with Crippen molar-refractivity contribution in [3.63, 3.8) is 0 Å². The molecule has 0 bridgehead atoms. The number of halogens is 1. The van der Waals surface area contributed by atoms with Gasteiger partial charge in [-0.3, -0.25) is 0 Å². The third kappa shape index (κ3) is 6.98. The third-order valence-electron chi connectivity index (χ3n) is 2.12. The van der Waals surface area contributed by atoms with E-state index in [1.165, 1.54) is 0 Å². The van der Waals surface area contributed by atoms with Crippen molar-refractivity contribution in [2.45, 2.75) is 6.92 Å². The largest absolute Gasteiger partial charge is 0.384 e. The highest BCUT2D eigenvalue weighted by molar-refractivity contribution is 5.37. The number of hydrogen-bond donors (Lipinski definition) is 1. The molecule has 0 aliphatic rings. The van der Waals surface area contributed by atoms with E-state index >= 15 is 0 Å². The van der Waals surface area contributed by atoms with Gasteiger partial charge in [-0.2, -0.15) is 0 Å². The van der Waals surface area contributed by atoms with Crippen LogP contribution < -0.4 is 28.6 Å². The van der Waals surface area contributed by atoms with Crippen molar-refractivity contribution in [1.29, 1.82) is 0 Å². The summed E-state index contributed by atoms with van der Waals surface area (Å²) >= 11 is 0. The molecule has 0 radical (unpaired) electrons. The second-order valence-electron chi connectivity index (χ2n) is 3.60. The van der Waals surface area contributed by atoms with Crippen LogP contribution >= 0.6 is 0 Å². The molecule has 0 unspecified atom stereocenters. The lowest BCUT2D eigenvalue weighted by Gasteiger charge is -2.17. The molecule has 0 fully saturated rings. The average molecular weight is 300 g/mol. The number of nitrogens with zero attached hydrogens (tertiary/aromatic N) is 2. The molecule has 2 rings (SSSR count). The Morgan fingerprint density at radius 2 is 1.70 bits per heavy atom. The highest BCUT2D eigenvalue weighted by Gasteiger charge is 2.05. The van der Waals surface area contributed by atoms with Crippen LogP contribution in [0.3, 0.4) is 0 Å². The second kappa shape index (κ2) is 7.73. The van der Waals surface area contributed by atoms with Crippen molar-refractivity contribution in [3.8, 4) is 5.69 Å². The van der Waals surface area contributed by atoms with Gasteiger partial charge in [-0.25, -0.2) is 18.6 Å². The van der Waals surface area contributed by atoms with Crippen LogP contribution in [0.15, 0.2) is 48.8 Å². The van der Waals surface area contributed by atoms with Gasteiger partial charge < -0.3 is 5.32 Å². The molecular formula is C12H14ClN3O4. The van der Waals surface area contributed by atoms with Crippen LogP contribution in [0.2, 0.25) is 0 Å². The summed E-state index contributed by atoms with van der Waals surface area (Å²) in [6.07, 6.45) is 3.78. The Hall–Kier alpha value is -1.77. The molecule has 2 aromatic rings. The minimum atomic E-state index is -4.94. The van der Waals surface area contributed by atoms with Crippen molar-refractivity contribution in [3.05, 3.63) is 48.8 Å². The van der Waals surface area contributed by atoms with Crippen LogP contribution in [-0.2, 0) is 0 Å². The Balaban J connectivity index is 0.000000347. The molecule has 0 spiro atoms. The predicted octanol–water partition coefficient (Wildman–Crippen LogP) is -2.97. The summed E-state index contributed by atoms with van der Waals surface area (Å²) in [5.41, 5.74) is 2.12. The van der Waals surface area contributed by atoms with Crippen LogP contribution in [-0.4, -0.2) is 11.6 Å². The molecule has 7 nitrogen and oxygen atoms in total. The third-order valence-corrected chi connectivity index (χ3v) is 2.12. The van der Waals surface area contributed by atoms with Crippen LogP contribution in [0.4, 0.5) is 5.69 Å². The maximum atomic E-state index is 8.49. The number of rotatable bonds is 3. The molecule has 1 aromatic carbocycles. The Morgan fingerprint density at radius 1 is 1.10 bits per heavy atom. The van der Waals surface area contributed by atoms with Crippen molar-refractivity contribution in [1.82, 2.24) is 5.10 Å². The molecule has 1 heterocycles. The zero-order valence-electron chi connectivity index (χ0n) is 10.7. The number of nitrogens with one attached hydrogen (secondary N) is 1. The Kier molecular flexibility index (Phi) is 6.29. The predicted molar refractivity (Wildman–Crippen MR) is 59.9 cm³/mol. The van der Waals surface area contributed by atoms with Crippen LogP contribution in [0.1, 0.15) is 6.92 Å². The summed E-state index contributed by atoms with van der Waals surface area (Å²) in [5.74, 6) is 0. The van der Waals surface area contributed by atoms with Gasteiger partial charge in [0.05, 0.1) is 5.69 Å². The highest BCUT2D eigenvalue weighted by Crippen LogP contribution is 2.01. The minimum absolute atomic E-state index is 0.914. The van der Waals surface area contributed by atoms with Gasteiger partial charge in [0.25, 0.3) is 0 Å². The zero-order chi connectivity index (χ0) is 15.0. The SMILES string of the molecule is CCNc1cc[n+](-c2ccccc2)nc1.[O-][Cl+3]([O-])([O-])[O-]. The minimum Gasteiger partial charge on any atom is -0.384 e. The van der Waals surface area contributed by atoms with E-state index < -0.39 is 10.2 Å². The molecule has 0 aliphatic carbocycles. The summed E-state index contributed by atoms with van der Waals surface area (Å²) in [6.45, 7) is 2.98. The quantitative estimate of drug-likeness (QED) is 0.604. The lowest BCUT2D eigenvalue weighted by atomic mass is 10.3. The Morgan fingerprint density at radius 3 is 2.15 bits per heavy atom. The normalized spacial score (nSPS) is 10.4. The first kappa shape index (κ1) is 16.3. The van der Waals surface area contributed by atoms with E-state index in [1.807, 2.05) is 53.5 Å². The molecule has 0 atom stereocenters. The monoisotopic (exact) mass is 299 g/mol. The van der Waals surface area contributed by atoms with Crippen LogP contribution in [0, 0.1) is 10.2 Å². The molecule has 0 saturated heterocycles. The van der Waals surface area contributed by atoms with E-state index in [0.29, 0.717) is 0 Å². The van der Waals surface area contributed by atoms with Crippen molar-refractivity contribution < 1.29 is 33.6 Å². The lowest BCUT2D eigenvalue weighted by Crippen LogP contribution is -2.68. The molecule has 1 aromatic heterocycles. The van der Waals surface area contributed by atoms with E-state index in [0.717, 1.165) is 17.9 Å². The van der Waals surface area contributed by atoms with Gasteiger partial charge in [0.2, 0.25) is 11.9 Å². The molecule has 0 amide bonds. The van der Waals surface area contributed by atoms with E-state index in [9.17, 15) is 0 Å². The van der Waals surface area contributed by atoms with Gasteiger partial charge in [-0.05, 0) is 12.0 Å². The fourth-order valence-electron chi connectivity index (χ4n) is 1.40. The molecule has 1 N–H and O–H groups in total. The number of hydrogen-bond acceptors (Lipinski definition) is 6. The fourth-order valence-corrected chi connectivity index (χ4v) is 1.40. The number of anilines is 1. The molecule has 108 valence electrons. The Bertz CT molecular complexity index is 496. The Labute approximate surface area is 118 Å². The van der Waals surface area contributed by atoms with E-state index in [4.69, 9.17) is 18.6 Å². The fraction of sp³-hybridized carbons (Fsp3) is 0.167.